The van der Waals surface area contributed by atoms with E-state index in [2.05, 4.69) is 25.2 Å². The molecule has 0 aromatic heterocycles. The number of fused-ring (bicyclic) bond motifs is 1. The summed E-state index contributed by atoms with van der Waals surface area (Å²) in [7, 11) is 0. The molecule has 1 aromatic rings. The summed E-state index contributed by atoms with van der Waals surface area (Å²) in [6, 6.07) is 7.57. The molecular formula is C13H16N2O2. The van der Waals surface area contributed by atoms with Crippen LogP contribution >= 0.6 is 0 Å². The monoisotopic (exact) mass is 232 g/mol. The molecule has 1 aliphatic heterocycles. The van der Waals surface area contributed by atoms with E-state index >= 15 is 0 Å². The van der Waals surface area contributed by atoms with E-state index in [1.165, 1.54) is 0 Å². The van der Waals surface area contributed by atoms with Crippen LogP contribution in [-0.4, -0.2) is 13.3 Å². The largest absolute Gasteiger partial charge is 0.454 e. The predicted molar refractivity (Wildman–Crippen MR) is 63.8 cm³/mol. The van der Waals surface area contributed by atoms with E-state index in [4.69, 9.17) is 14.7 Å². The van der Waals surface area contributed by atoms with E-state index in [0.717, 1.165) is 17.9 Å². The quantitative estimate of drug-likeness (QED) is 0.864. The second kappa shape index (κ2) is 5.07. The summed E-state index contributed by atoms with van der Waals surface area (Å²) >= 11 is 0. The van der Waals surface area contributed by atoms with Crippen molar-refractivity contribution in [3.05, 3.63) is 23.8 Å². The molecule has 0 bridgehead atoms. The Labute approximate surface area is 101 Å². The van der Waals surface area contributed by atoms with Crippen molar-refractivity contribution in [2.75, 3.05) is 13.3 Å². The second-order valence-electron chi connectivity index (χ2n) is 4.48. The van der Waals surface area contributed by atoms with Crippen molar-refractivity contribution in [2.24, 2.45) is 5.92 Å². The molecule has 4 heteroatoms. The van der Waals surface area contributed by atoms with Crippen LogP contribution in [0.4, 0.5) is 0 Å². The van der Waals surface area contributed by atoms with Crippen molar-refractivity contribution < 1.29 is 9.47 Å². The number of nitrogens with zero attached hydrogens (tertiary/aromatic N) is 1. The lowest BCUT2D eigenvalue weighted by molar-refractivity contribution is 0.174. The molecule has 0 saturated heterocycles. The third-order valence-corrected chi connectivity index (χ3v) is 2.59. The van der Waals surface area contributed by atoms with Gasteiger partial charge in [-0.3, -0.25) is 5.32 Å². The first-order valence-electron chi connectivity index (χ1n) is 5.73. The van der Waals surface area contributed by atoms with Crippen LogP contribution in [-0.2, 0) is 0 Å². The zero-order chi connectivity index (χ0) is 12.3. The fourth-order valence-corrected chi connectivity index (χ4v) is 1.68. The van der Waals surface area contributed by atoms with Gasteiger partial charge < -0.3 is 9.47 Å². The molecule has 2 rings (SSSR count). The molecule has 4 nitrogen and oxygen atoms in total. The lowest BCUT2D eigenvalue weighted by Gasteiger charge is -2.13. The minimum absolute atomic E-state index is 0.259. The predicted octanol–water partition coefficient (Wildman–Crippen LogP) is 2.23. The van der Waals surface area contributed by atoms with Gasteiger partial charge in [-0.1, -0.05) is 19.9 Å². The first-order chi connectivity index (χ1) is 8.20. The average Bonchev–Trinajstić information content (AvgIpc) is 2.76. The number of rotatable bonds is 4. The minimum atomic E-state index is -0.299. The molecular weight excluding hydrogens is 216 g/mol. The standard InChI is InChI=1S/C13H16N2O2/c1-9(2)7-15-11(6-14)10-3-4-12-13(5-10)17-8-16-12/h3-5,9,11,15H,7-8H2,1-2H3. The van der Waals surface area contributed by atoms with E-state index in [-0.39, 0.29) is 12.8 Å². The van der Waals surface area contributed by atoms with Crippen molar-refractivity contribution in [3.63, 3.8) is 0 Å². The first-order valence-corrected chi connectivity index (χ1v) is 5.73. The molecule has 0 fully saturated rings. The Hall–Kier alpha value is -1.73. The van der Waals surface area contributed by atoms with Gasteiger partial charge in [-0.05, 0) is 30.2 Å². The Morgan fingerprint density at radius 2 is 2.12 bits per heavy atom. The highest BCUT2D eigenvalue weighted by Gasteiger charge is 2.17. The van der Waals surface area contributed by atoms with E-state index in [9.17, 15) is 0 Å². The minimum Gasteiger partial charge on any atom is -0.454 e. The molecule has 0 aliphatic carbocycles. The summed E-state index contributed by atoms with van der Waals surface area (Å²) < 4.78 is 10.5. The van der Waals surface area contributed by atoms with Gasteiger partial charge in [0.2, 0.25) is 6.79 Å². The summed E-state index contributed by atoms with van der Waals surface area (Å²) in [5.41, 5.74) is 0.914. The van der Waals surface area contributed by atoms with Gasteiger partial charge in [0.05, 0.1) is 6.07 Å². The van der Waals surface area contributed by atoms with E-state index in [1.54, 1.807) is 0 Å². The Morgan fingerprint density at radius 1 is 1.35 bits per heavy atom. The van der Waals surface area contributed by atoms with Crippen LogP contribution in [0, 0.1) is 17.2 Å². The third kappa shape index (κ3) is 2.69. The van der Waals surface area contributed by atoms with Gasteiger partial charge >= 0.3 is 0 Å². The smallest absolute Gasteiger partial charge is 0.231 e. The Kier molecular flexibility index (Phi) is 3.50. The van der Waals surface area contributed by atoms with Gasteiger partial charge in [-0.15, -0.1) is 0 Å². The average molecular weight is 232 g/mol. The maximum atomic E-state index is 9.16. The zero-order valence-electron chi connectivity index (χ0n) is 10.1. The summed E-state index contributed by atoms with van der Waals surface area (Å²) in [5, 5.41) is 12.4. The van der Waals surface area contributed by atoms with Crippen LogP contribution in [0.5, 0.6) is 11.5 Å². The maximum Gasteiger partial charge on any atom is 0.231 e. The second-order valence-corrected chi connectivity index (χ2v) is 4.48. The number of nitrogens with one attached hydrogen (secondary N) is 1. The van der Waals surface area contributed by atoms with Crippen LogP contribution in [0.25, 0.3) is 0 Å². The van der Waals surface area contributed by atoms with Crippen molar-refractivity contribution in [3.8, 4) is 17.6 Å². The molecule has 0 spiro atoms. The van der Waals surface area contributed by atoms with Crippen LogP contribution in [0.2, 0.25) is 0 Å². The van der Waals surface area contributed by atoms with Crippen molar-refractivity contribution in [1.82, 2.24) is 5.32 Å². The molecule has 1 aliphatic rings. The van der Waals surface area contributed by atoms with Crippen LogP contribution in [0.15, 0.2) is 18.2 Å². The molecule has 0 saturated carbocycles. The van der Waals surface area contributed by atoms with Gasteiger partial charge in [0.1, 0.15) is 6.04 Å². The molecule has 17 heavy (non-hydrogen) atoms. The summed E-state index contributed by atoms with van der Waals surface area (Å²) in [6.07, 6.45) is 0. The summed E-state index contributed by atoms with van der Waals surface area (Å²) in [6.45, 7) is 5.30. The zero-order valence-corrected chi connectivity index (χ0v) is 10.1. The molecule has 1 atom stereocenters. The fourth-order valence-electron chi connectivity index (χ4n) is 1.68. The van der Waals surface area contributed by atoms with Gasteiger partial charge in [-0.2, -0.15) is 5.26 Å². The number of hydrogen-bond acceptors (Lipinski definition) is 4. The van der Waals surface area contributed by atoms with E-state index in [0.29, 0.717) is 11.7 Å². The highest BCUT2D eigenvalue weighted by atomic mass is 16.7. The van der Waals surface area contributed by atoms with Crippen molar-refractivity contribution >= 4 is 0 Å². The normalized spacial score (nSPS) is 14.7. The van der Waals surface area contributed by atoms with Gasteiger partial charge in [0.25, 0.3) is 0 Å². The molecule has 1 heterocycles. The number of hydrogen-bond donors (Lipinski definition) is 1. The van der Waals surface area contributed by atoms with E-state index < -0.39 is 0 Å². The molecule has 90 valence electrons. The Bertz CT molecular complexity index is 438. The Balaban J connectivity index is 2.12. The van der Waals surface area contributed by atoms with E-state index in [1.807, 2.05) is 18.2 Å². The van der Waals surface area contributed by atoms with Crippen molar-refractivity contribution in [1.29, 1.82) is 5.26 Å². The summed E-state index contributed by atoms with van der Waals surface area (Å²) in [5.74, 6) is 1.98. The lowest BCUT2D eigenvalue weighted by atomic mass is 10.1. The highest BCUT2D eigenvalue weighted by Crippen LogP contribution is 2.34. The van der Waals surface area contributed by atoms with Crippen LogP contribution in [0.3, 0.4) is 0 Å². The topological polar surface area (TPSA) is 54.3 Å². The third-order valence-electron chi connectivity index (χ3n) is 2.59. The summed E-state index contributed by atoms with van der Waals surface area (Å²) in [4.78, 5) is 0. The first kappa shape index (κ1) is 11.7. The lowest BCUT2D eigenvalue weighted by Crippen LogP contribution is -2.24. The van der Waals surface area contributed by atoms with Gasteiger partial charge in [0, 0.05) is 0 Å². The SMILES string of the molecule is CC(C)CNC(C#N)c1ccc2c(c1)OCO2. The Morgan fingerprint density at radius 3 is 2.82 bits per heavy atom. The van der Waals surface area contributed by atoms with Crippen LogP contribution in [0.1, 0.15) is 25.5 Å². The molecule has 1 aromatic carbocycles. The molecule has 1 N–H and O–H groups in total. The number of ether oxygens (including phenoxy) is 2. The fraction of sp³-hybridized carbons (Fsp3) is 0.462. The number of nitriles is 1. The highest BCUT2D eigenvalue weighted by molar-refractivity contribution is 5.46. The number of benzene rings is 1. The van der Waals surface area contributed by atoms with Crippen molar-refractivity contribution in [2.45, 2.75) is 19.9 Å². The van der Waals surface area contributed by atoms with Crippen LogP contribution < -0.4 is 14.8 Å². The molecule has 0 amide bonds. The maximum absolute atomic E-state index is 9.16. The molecule has 0 radical (unpaired) electrons. The molecule has 1 unspecified atom stereocenters. The van der Waals surface area contributed by atoms with Gasteiger partial charge in [-0.25, -0.2) is 0 Å². The van der Waals surface area contributed by atoms with Gasteiger partial charge in [0.15, 0.2) is 11.5 Å².